The molecule has 1 aromatic rings. The molecular weight excluding hydrogens is 423 g/mol. The molecule has 0 aromatic heterocycles. The van der Waals surface area contributed by atoms with Gasteiger partial charge in [-0.1, -0.05) is 0 Å². The van der Waals surface area contributed by atoms with Crippen molar-refractivity contribution in [2.45, 2.75) is 25.1 Å². The number of carbonyl (C=O) groups excluding carboxylic acids is 3. The zero-order valence-electron chi connectivity index (χ0n) is 12.8. The smallest absolute Gasteiger partial charge is 0.454 e. The lowest BCUT2D eigenvalue weighted by atomic mass is 10.2. The van der Waals surface area contributed by atoms with Gasteiger partial charge in [-0.2, -0.15) is 39.5 Å². The summed E-state index contributed by atoms with van der Waals surface area (Å²) >= 11 is 0. The topological polar surface area (TPSA) is 78.9 Å². The van der Waals surface area contributed by atoms with Crippen LogP contribution in [-0.4, -0.2) is 36.4 Å². The molecule has 28 heavy (non-hydrogen) atoms. The Morgan fingerprint density at radius 2 is 1.00 bits per heavy atom. The number of hydrogen-bond donors (Lipinski definition) is 0. The fourth-order valence-corrected chi connectivity index (χ4v) is 1.39. The molecule has 0 fully saturated rings. The highest BCUT2D eigenvalue weighted by Crippen LogP contribution is 2.28. The lowest BCUT2D eigenvalue weighted by molar-refractivity contribution is -0.201. The lowest BCUT2D eigenvalue weighted by Crippen LogP contribution is -2.29. The molecule has 0 N–H and O–H groups in total. The van der Waals surface area contributed by atoms with Gasteiger partial charge in [-0.05, 0) is 17.7 Å². The van der Waals surface area contributed by atoms with E-state index in [1.165, 1.54) is 0 Å². The number of esters is 3. The molecule has 0 aliphatic rings. The maximum atomic E-state index is 12.2. The van der Waals surface area contributed by atoms with Crippen LogP contribution in [0.4, 0.5) is 39.5 Å². The largest absolute Gasteiger partial charge is 0.491 e. The summed E-state index contributed by atoms with van der Waals surface area (Å²) < 4.78 is 121. The zero-order chi connectivity index (χ0) is 21.9. The van der Waals surface area contributed by atoms with Crippen LogP contribution in [0.25, 0.3) is 0 Å². The van der Waals surface area contributed by atoms with Gasteiger partial charge in [-0.15, -0.1) is 0 Å². The zero-order valence-corrected chi connectivity index (χ0v) is 12.8. The van der Waals surface area contributed by atoms with Gasteiger partial charge in [0.1, 0.15) is 18.1 Å². The molecular formula is C13H5F9O6. The second kappa shape index (κ2) is 7.93. The van der Waals surface area contributed by atoms with E-state index in [0.29, 0.717) is 12.1 Å². The van der Waals surface area contributed by atoms with Crippen LogP contribution >= 0.6 is 0 Å². The molecule has 15 heteroatoms. The molecule has 0 bridgehead atoms. The summed E-state index contributed by atoms with van der Waals surface area (Å²) in [6.07, 6.45) is -16.5. The van der Waals surface area contributed by atoms with Crippen molar-refractivity contribution in [2.75, 3.05) is 0 Å². The van der Waals surface area contributed by atoms with Crippen LogP contribution in [0.1, 0.15) is 5.56 Å². The van der Waals surface area contributed by atoms with Gasteiger partial charge >= 0.3 is 36.4 Å². The molecule has 0 atom stereocenters. The third kappa shape index (κ3) is 6.96. The predicted octanol–water partition coefficient (Wildman–Crippen LogP) is 3.23. The van der Waals surface area contributed by atoms with E-state index in [9.17, 15) is 53.9 Å². The van der Waals surface area contributed by atoms with Crippen LogP contribution in [0.3, 0.4) is 0 Å². The van der Waals surface area contributed by atoms with E-state index in [4.69, 9.17) is 0 Å². The Morgan fingerprint density at radius 3 is 1.32 bits per heavy atom. The summed E-state index contributed by atoms with van der Waals surface area (Å²) in [4.78, 5) is 32.1. The van der Waals surface area contributed by atoms with Gasteiger partial charge in [0.2, 0.25) is 0 Å². The van der Waals surface area contributed by atoms with Crippen molar-refractivity contribution in [3.05, 3.63) is 23.8 Å². The van der Waals surface area contributed by atoms with E-state index < -0.39 is 60.1 Å². The highest BCUT2D eigenvalue weighted by atomic mass is 19.4. The van der Waals surface area contributed by atoms with Gasteiger partial charge in [0.25, 0.3) is 0 Å². The van der Waals surface area contributed by atoms with Gasteiger partial charge in [0, 0.05) is 6.07 Å². The maximum absolute atomic E-state index is 12.2. The number of halogens is 9. The van der Waals surface area contributed by atoms with Crippen molar-refractivity contribution in [3.8, 4) is 11.5 Å². The fraction of sp³-hybridized carbons (Fsp3) is 0.308. The Hall–Kier alpha value is -3.00. The number of rotatable bonds is 4. The molecule has 0 saturated heterocycles. The van der Waals surface area contributed by atoms with Crippen LogP contribution in [0, 0.1) is 0 Å². The van der Waals surface area contributed by atoms with Crippen molar-refractivity contribution >= 4 is 17.9 Å². The third-order valence-corrected chi connectivity index (χ3v) is 2.43. The molecule has 0 spiro atoms. The van der Waals surface area contributed by atoms with Crippen LogP contribution in [0.5, 0.6) is 11.5 Å². The number of ether oxygens (including phenoxy) is 3. The summed E-state index contributed by atoms with van der Waals surface area (Å²) in [5, 5.41) is 0. The molecule has 0 amide bonds. The summed E-state index contributed by atoms with van der Waals surface area (Å²) in [6, 6.07) is 1.14. The number of carbonyl (C=O) groups is 3. The van der Waals surface area contributed by atoms with E-state index in [1.807, 2.05) is 0 Å². The highest BCUT2D eigenvalue weighted by molar-refractivity contribution is 5.79. The monoisotopic (exact) mass is 428 g/mol. The minimum atomic E-state index is -5.53. The van der Waals surface area contributed by atoms with Crippen LogP contribution in [0.2, 0.25) is 0 Å². The second-order valence-electron chi connectivity index (χ2n) is 4.66. The Bertz CT molecular complexity index is 717. The predicted molar refractivity (Wildman–Crippen MR) is 65.7 cm³/mol. The summed E-state index contributed by atoms with van der Waals surface area (Å²) in [7, 11) is 0. The Balaban J connectivity index is 3.14. The van der Waals surface area contributed by atoms with Gasteiger partial charge in [-0.25, -0.2) is 14.4 Å². The maximum Gasteiger partial charge on any atom is 0.491 e. The molecule has 0 radical (unpaired) electrons. The molecule has 0 unspecified atom stereocenters. The number of benzene rings is 1. The van der Waals surface area contributed by atoms with Gasteiger partial charge in [-0.3, -0.25) is 0 Å². The van der Waals surface area contributed by atoms with E-state index in [-0.39, 0.29) is 6.07 Å². The molecule has 1 aromatic carbocycles. The molecule has 6 nitrogen and oxygen atoms in total. The van der Waals surface area contributed by atoms with Crippen molar-refractivity contribution in [2.24, 2.45) is 0 Å². The van der Waals surface area contributed by atoms with E-state index in [1.54, 1.807) is 0 Å². The number of hydrogen-bond acceptors (Lipinski definition) is 6. The molecule has 0 aliphatic heterocycles. The van der Waals surface area contributed by atoms with Crippen molar-refractivity contribution in [3.63, 3.8) is 0 Å². The average molecular weight is 428 g/mol. The molecule has 1 rings (SSSR count). The lowest BCUT2D eigenvalue weighted by Gasteiger charge is -2.13. The Kier molecular flexibility index (Phi) is 6.53. The number of alkyl halides is 9. The molecule has 0 aliphatic carbocycles. The van der Waals surface area contributed by atoms with Crippen molar-refractivity contribution in [1.82, 2.24) is 0 Å². The van der Waals surface area contributed by atoms with Crippen LogP contribution < -0.4 is 9.47 Å². The normalized spacial score (nSPS) is 12.3. The standard InChI is InChI=1S/C13H5F9O6/c14-11(15,16)8(23)26-4-5-1-6(27-9(24)12(17,18)19)3-7(2-5)28-10(25)13(20,21)22/h1-3H,4H2. The summed E-state index contributed by atoms with van der Waals surface area (Å²) in [5.41, 5.74) is -0.685. The highest BCUT2D eigenvalue weighted by Gasteiger charge is 2.43. The van der Waals surface area contributed by atoms with E-state index in [2.05, 4.69) is 14.2 Å². The van der Waals surface area contributed by atoms with Gasteiger partial charge < -0.3 is 14.2 Å². The van der Waals surface area contributed by atoms with Crippen LogP contribution in [0.15, 0.2) is 18.2 Å². The first kappa shape index (κ1) is 23.0. The second-order valence-corrected chi connectivity index (χ2v) is 4.66. The minimum Gasteiger partial charge on any atom is -0.454 e. The average Bonchev–Trinajstić information content (AvgIpc) is 2.49. The fourth-order valence-electron chi connectivity index (χ4n) is 1.39. The van der Waals surface area contributed by atoms with E-state index in [0.717, 1.165) is 0 Å². The Morgan fingerprint density at radius 1 is 0.643 bits per heavy atom. The van der Waals surface area contributed by atoms with Crippen molar-refractivity contribution < 1.29 is 68.1 Å². The minimum absolute atomic E-state index is 0.252. The first-order valence-corrected chi connectivity index (χ1v) is 6.46. The first-order chi connectivity index (χ1) is 12.5. The third-order valence-electron chi connectivity index (χ3n) is 2.43. The van der Waals surface area contributed by atoms with E-state index >= 15 is 0 Å². The molecule has 0 heterocycles. The summed E-state index contributed by atoms with van der Waals surface area (Å²) in [5.74, 6) is -10.7. The summed E-state index contributed by atoms with van der Waals surface area (Å²) in [6.45, 7) is -1.31. The van der Waals surface area contributed by atoms with Gasteiger partial charge in [0.15, 0.2) is 0 Å². The quantitative estimate of drug-likeness (QED) is 0.417. The van der Waals surface area contributed by atoms with Crippen molar-refractivity contribution in [1.29, 1.82) is 0 Å². The SMILES string of the molecule is O=C(OCc1cc(OC(=O)C(F)(F)F)cc(OC(=O)C(F)(F)F)c1)C(F)(F)F. The van der Waals surface area contributed by atoms with Gasteiger partial charge in [0.05, 0.1) is 0 Å². The van der Waals surface area contributed by atoms with Crippen LogP contribution in [-0.2, 0) is 25.7 Å². The molecule has 156 valence electrons. The Labute approximate surface area is 147 Å². The molecule has 0 saturated carbocycles. The first-order valence-electron chi connectivity index (χ1n) is 6.46.